The Morgan fingerprint density at radius 2 is 1.69 bits per heavy atom. The molecule has 0 fully saturated rings. The van der Waals surface area contributed by atoms with Gasteiger partial charge in [-0.3, -0.25) is 4.98 Å². The summed E-state index contributed by atoms with van der Waals surface area (Å²) in [5.41, 5.74) is 5.15. The maximum absolute atomic E-state index is 6.45. The van der Waals surface area contributed by atoms with E-state index in [-0.39, 0.29) is 0 Å². The molecule has 0 aliphatic carbocycles. The predicted octanol–water partition coefficient (Wildman–Crippen LogP) is 5.71. The minimum Gasteiger partial charge on any atom is -0.486 e. The van der Waals surface area contributed by atoms with Crippen molar-refractivity contribution >= 4 is 33.4 Å². The molecule has 0 amide bonds. The van der Waals surface area contributed by atoms with Gasteiger partial charge in [-0.1, -0.05) is 23.7 Å². The average molecular weight is 401 g/mol. The van der Waals surface area contributed by atoms with E-state index in [0.717, 1.165) is 44.4 Å². The Morgan fingerprint density at radius 1 is 0.897 bits per heavy atom. The summed E-state index contributed by atoms with van der Waals surface area (Å²) in [6.07, 6.45) is 5.24. The number of halogens is 1. The smallest absolute Gasteiger partial charge is 0.166 e. The Bertz CT molecular complexity index is 1310. The number of fused-ring (bicyclic) bond motifs is 3. The lowest BCUT2D eigenvalue weighted by Crippen LogP contribution is -2.00. The Balaban J connectivity index is 1.52. The van der Waals surface area contributed by atoms with Gasteiger partial charge in [0.2, 0.25) is 0 Å². The van der Waals surface area contributed by atoms with Crippen LogP contribution in [-0.2, 0) is 6.61 Å². The number of nitrogens with zero attached hydrogens (tertiary/aromatic N) is 3. The van der Waals surface area contributed by atoms with Crippen LogP contribution in [0, 0.1) is 6.92 Å². The topological polar surface area (TPSA) is 63.7 Å². The minimum absolute atomic E-state index is 0.329. The highest BCUT2D eigenvalue weighted by atomic mass is 35.5. The Labute approximate surface area is 172 Å². The number of aromatic amines is 1. The summed E-state index contributed by atoms with van der Waals surface area (Å²) in [5.74, 6) is 1.41. The van der Waals surface area contributed by atoms with Gasteiger partial charge < -0.3 is 9.72 Å². The first-order valence-corrected chi connectivity index (χ1v) is 9.62. The molecule has 0 bridgehead atoms. The van der Waals surface area contributed by atoms with Crippen LogP contribution >= 0.6 is 11.6 Å². The molecule has 0 radical (unpaired) electrons. The van der Waals surface area contributed by atoms with Crippen molar-refractivity contribution in [2.75, 3.05) is 0 Å². The number of hydrogen-bond acceptors (Lipinski definition) is 4. The standard InChI is InChI=1S/C23H17ClN4O/c1-14-22-18(7-10-25-14)20-12-16(24)11-19(23(20)28-22)15-3-5-17(6-4-15)29-13-21-26-8-2-9-27-21/h2-12,28H,13H2,1H3. The number of pyridine rings is 1. The molecule has 3 aromatic heterocycles. The normalized spacial score (nSPS) is 11.2. The molecule has 0 saturated heterocycles. The van der Waals surface area contributed by atoms with E-state index >= 15 is 0 Å². The summed E-state index contributed by atoms with van der Waals surface area (Å²) in [6, 6.07) is 15.7. The van der Waals surface area contributed by atoms with Crippen molar-refractivity contribution < 1.29 is 4.74 Å². The first-order chi connectivity index (χ1) is 14.2. The van der Waals surface area contributed by atoms with Crippen LogP contribution in [0.5, 0.6) is 5.75 Å². The summed E-state index contributed by atoms with van der Waals surface area (Å²) in [7, 11) is 0. The van der Waals surface area contributed by atoms with Crippen LogP contribution in [0.15, 0.2) is 67.1 Å². The second-order valence-corrected chi connectivity index (χ2v) is 7.23. The molecule has 0 aliphatic rings. The van der Waals surface area contributed by atoms with Crippen LogP contribution in [-0.4, -0.2) is 19.9 Å². The fraction of sp³-hybridized carbons (Fsp3) is 0.0870. The van der Waals surface area contributed by atoms with E-state index in [4.69, 9.17) is 16.3 Å². The van der Waals surface area contributed by atoms with E-state index in [2.05, 4.69) is 19.9 Å². The van der Waals surface area contributed by atoms with E-state index in [1.165, 1.54) is 0 Å². The van der Waals surface area contributed by atoms with Gasteiger partial charge in [0.15, 0.2) is 5.82 Å². The van der Waals surface area contributed by atoms with Crippen molar-refractivity contribution in [2.24, 2.45) is 0 Å². The maximum atomic E-state index is 6.45. The largest absolute Gasteiger partial charge is 0.486 e. The molecule has 142 valence electrons. The number of hydrogen-bond donors (Lipinski definition) is 1. The van der Waals surface area contributed by atoms with E-state index < -0.39 is 0 Å². The Kier molecular flexibility index (Phi) is 4.37. The fourth-order valence-electron chi connectivity index (χ4n) is 3.54. The zero-order valence-corrected chi connectivity index (χ0v) is 16.4. The van der Waals surface area contributed by atoms with E-state index in [0.29, 0.717) is 17.5 Å². The Hall–Kier alpha value is -3.44. The lowest BCUT2D eigenvalue weighted by molar-refractivity contribution is 0.296. The lowest BCUT2D eigenvalue weighted by Gasteiger charge is -2.08. The van der Waals surface area contributed by atoms with Crippen LogP contribution < -0.4 is 4.74 Å². The average Bonchev–Trinajstić information content (AvgIpc) is 3.13. The third kappa shape index (κ3) is 3.30. The summed E-state index contributed by atoms with van der Waals surface area (Å²) < 4.78 is 5.79. The summed E-state index contributed by atoms with van der Waals surface area (Å²) >= 11 is 6.45. The number of aromatic nitrogens is 4. The highest BCUT2D eigenvalue weighted by Gasteiger charge is 2.13. The minimum atomic E-state index is 0.329. The molecule has 0 saturated carbocycles. The van der Waals surface area contributed by atoms with Gasteiger partial charge in [-0.15, -0.1) is 0 Å². The van der Waals surface area contributed by atoms with E-state index in [1.807, 2.05) is 55.6 Å². The van der Waals surface area contributed by atoms with Gasteiger partial charge in [-0.2, -0.15) is 0 Å². The van der Waals surface area contributed by atoms with Crippen molar-refractivity contribution in [2.45, 2.75) is 13.5 Å². The van der Waals surface area contributed by atoms with Gasteiger partial charge in [0.1, 0.15) is 12.4 Å². The molecule has 5 aromatic rings. The van der Waals surface area contributed by atoms with Crippen LogP contribution in [0.2, 0.25) is 5.02 Å². The van der Waals surface area contributed by atoms with Gasteiger partial charge in [0.05, 0.1) is 16.7 Å². The molecule has 0 unspecified atom stereocenters. The molecule has 6 heteroatoms. The number of rotatable bonds is 4. The molecular weight excluding hydrogens is 384 g/mol. The van der Waals surface area contributed by atoms with Gasteiger partial charge in [0.25, 0.3) is 0 Å². The quantitative estimate of drug-likeness (QED) is 0.419. The molecule has 5 rings (SSSR count). The fourth-order valence-corrected chi connectivity index (χ4v) is 3.76. The highest BCUT2D eigenvalue weighted by Crippen LogP contribution is 2.36. The molecular formula is C23H17ClN4O. The number of nitrogens with one attached hydrogen (secondary N) is 1. The van der Waals surface area contributed by atoms with Gasteiger partial charge >= 0.3 is 0 Å². The maximum Gasteiger partial charge on any atom is 0.166 e. The van der Waals surface area contributed by atoms with Crippen LogP contribution in [0.3, 0.4) is 0 Å². The number of H-pyrrole nitrogens is 1. The highest BCUT2D eigenvalue weighted by molar-refractivity contribution is 6.32. The lowest BCUT2D eigenvalue weighted by atomic mass is 10.0. The molecule has 0 aliphatic heterocycles. The summed E-state index contributed by atoms with van der Waals surface area (Å²) in [4.78, 5) is 16.3. The predicted molar refractivity (Wildman–Crippen MR) is 115 cm³/mol. The summed E-state index contributed by atoms with van der Waals surface area (Å²) in [6.45, 7) is 2.33. The van der Waals surface area contributed by atoms with Gasteiger partial charge in [0, 0.05) is 39.9 Å². The molecule has 0 atom stereocenters. The SMILES string of the molecule is Cc1nccc2c1[nH]c1c(-c3ccc(OCc4ncccn4)cc3)cc(Cl)cc12. The molecule has 29 heavy (non-hydrogen) atoms. The first kappa shape index (κ1) is 17.6. The monoisotopic (exact) mass is 400 g/mol. The zero-order valence-electron chi connectivity index (χ0n) is 15.7. The molecule has 2 aromatic carbocycles. The third-order valence-corrected chi connectivity index (χ3v) is 5.15. The first-order valence-electron chi connectivity index (χ1n) is 9.25. The Morgan fingerprint density at radius 3 is 2.48 bits per heavy atom. The molecule has 3 heterocycles. The van der Waals surface area contributed by atoms with E-state index in [9.17, 15) is 0 Å². The van der Waals surface area contributed by atoms with Crippen molar-refractivity contribution in [1.82, 2.24) is 19.9 Å². The van der Waals surface area contributed by atoms with Crippen molar-refractivity contribution in [1.29, 1.82) is 0 Å². The number of benzene rings is 2. The number of ether oxygens (including phenoxy) is 1. The second-order valence-electron chi connectivity index (χ2n) is 6.80. The molecule has 5 nitrogen and oxygen atoms in total. The number of aryl methyl sites for hydroxylation is 1. The second kappa shape index (κ2) is 7.18. The molecule has 1 N–H and O–H groups in total. The van der Waals surface area contributed by atoms with Crippen LogP contribution in [0.1, 0.15) is 11.5 Å². The van der Waals surface area contributed by atoms with Crippen LogP contribution in [0.4, 0.5) is 0 Å². The zero-order chi connectivity index (χ0) is 19.8. The third-order valence-electron chi connectivity index (χ3n) is 4.94. The van der Waals surface area contributed by atoms with Crippen molar-refractivity contribution in [3.05, 3.63) is 83.7 Å². The van der Waals surface area contributed by atoms with Gasteiger partial charge in [-0.05, 0) is 48.9 Å². The van der Waals surface area contributed by atoms with E-state index in [1.54, 1.807) is 18.5 Å². The van der Waals surface area contributed by atoms with Gasteiger partial charge in [-0.25, -0.2) is 9.97 Å². The van der Waals surface area contributed by atoms with Crippen molar-refractivity contribution in [3.63, 3.8) is 0 Å². The van der Waals surface area contributed by atoms with Crippen molar-refractivity contribution in [3.8, 4) is 16.9 Å². The van der Waals surface area contributed by atoms with Crippen LogP contribution in [0.25, 0.3) is 32.9 Å². The summed E-state index contributed by atoms with van der Waals surface area (Å²) in [5, 5.41) is 2.91. The molecule has 0 spiro atoms.